The van der Waals surface area contributed by atoms with Crippen LogP contribution >= 0.6 is 11.3 Å². The molecule has 0 unspecified atom stereocenters. The normalized spacial score (nSPS) is 23.4. The van der Waals surface area contributed by atoms with Crippen molar-refractivity contribution >= 4 is 33.9 Å². The largest absolute Gasteiger partial charge is 0.483 e. The zero-order valence-electron chi connectivity index (χ0n) is 16.5. The van der Waals surface area contributed by atoms with Crippen molar-refractivity contribution in [3.8, 4) is 0 Å². The fraction of sp³-hybridized carbons (Fsp3) is 0.400. The number of carbonyl (C=O) groups is 2. The number of rotatable bonds is 4. The molecule has 1 aromatic carbocycles. The van der Waals surface area contributed by atoms with Crippen LogP contribution in [0.5, 0.6) is 0 Å². The fourth-order valence-electron chi connectivity index (χ4n) is 4.26. The average Bonchev–Trinajstić information content (AvgIpc) is 3.42. The molecule has 4 rings (SSSR count). The first-order chi connectivity index (χ1) is 14.3. The molecule has 0 saturated carbocycles. The third kappa shape index (κ3) is 5.00. The molecule has 2 aliphatic heterocycles. The highest BCUT2D eigenvalue weighted by Crippen LogP contribution is 2.46. The van der Waals surface area contributed by atoms with Crippen LogP contribution in [0.3, 0.4) is 0 Å². The van der Waals surface area contributed by atoms with Gasteiger partial charge in [0.15, 0.2) is 0 Å². The van der Waals surface area contributed by atoms with E-state index >= 15 is 0 Å². The van der Waals surface area contributed by atoms with Crippen LogP contribution in [0.15, 0.2) is 47.8 Å². The number of benzene rings is 1. The van der Waals surface area contributed by atoms with Crippen LogP contribution in [0.4, 0.5) is 4.79 Å². The minimum Gasteiger partial charge on any atom is -0.483 e. The predicted octanol–water partition coefficient (Wildman–Crippen LogP) is 2.22. The summed E-state index contributed by atoms with van der Waals surface area (Å²) >= 11 is 1.62. The van der Waals surface area contributed by atoms with Gasteiger partial charge in [-0.05, 0) is 22.9 Å². The van der Waals surface area contributed by atoms with Gasteiger partial charge in [-0.15, -0.1) is 11.3 Å². The lowest BCUT2D eigenvalue weighted by atomic mass is 9.90. The number of fused-ring (bicyclic) bond motifs is 1. The number of amides is 2. The molecular weight excluding hydrogens is 426 g/mol. The number of nitrogens with one attached hydrogen (secondary N) is 1. The minimum absolute atomic E-state index is 0.0736. The first-order valence-corrected chi connectivity index (χ1v) is 12.2. The zero-order chi connectivity index (χ0) is 21.7. The lowest BCUT2D eigenvalue weighted by Gasteiger charge is -2.28. The summed E-state index contributed by atoms with van der Waals surface area (Å²) in [4.78, 5) is 23.9. The van der Waals surface area contributed by atoms with Crippen molar-refractivity contribution in [2.75, 3.05) is 25.9 Å². The van der Waals surface area contributed by atoms with Crippen LogP contribution in [-0.4, -0.2) is 61.1 Å². The molecule has 0 spiro atoms. The summed E-state index contributed by atoms with van der Waals surface area (Å²) in [6.45, 7) is 1.92. The van der Waals surface area contributed by atoms with E-state index in [0.29, 0.717) is 26.2 Å². The van der Waals surface area contributed by atoms with Crippen molar-refractivity contribution in [3.05, 3.63) is 58.3 Å². The van der Waals surface area contributed by atoms with Gasteiger partial charge in [-0.2, -0.15) is 4.31 Å². The van der Waals surface area contributed by atoms with E-state index in [-0.39, 0.29) is 30.4 Å². The number of urea groups is 1. The standard InChI is InChI=1S/C19H23N3O3S2.CH2O2/c1-27(24,25)22-12-15-11-21(19(23)20-10-16-8-5-9-26-16)13-17(15)18(22)14-6-3-2-4-7-14;2-1-3/h2-9,15,17-18H,10-13H2,1H3,(H,20,23);1H,(H,2,3)/t15-,17-,18+;/m1./s1. The molecule has 1 aromatic heterocycles. The third-order valence-electron chi connectivity index (χ3n) is 5.47. The lowest BCUT2D eigenvalue weighted by Crippen LogP contribution is -2.41. The molecule has 2 N–H and O–H groups in total. The summed E-state index contributed by atoms with van der Waals surface area (Å²) < 4.78 is 26.3. The van der Waals surface area contributed by atoms with Gasteiger partial charge in [-0.3, -0.25) is 4.79 Å². The number of carbonyl (C=O) groups excluding carboxylic acids is 1. The Morgan fingerprint density at radius 1 is 1.20 bits per heavy atom. The van der Waals surface area contributed by atoms with Crippen molar-refractivity contribution in [1.82, 2.24) is 14.5 Å². The van der Waals surface area contributed by atoms with Crippen molar-refractivity contribution in [2.45, 2.75) is 12.6 Å². The Bertz CT molecular complexity index is 950. The summed E-state index contributed by atoms with van der Waals surface area (Å²) in [6, 6.07) is 13.4. The van der Waals surface area contributed by atoms with Crippen LogP contribution in [0.25, 0.3) is 0 Å². The Balaban J connectivity index is 0.000000806. The van der Waals surface area contributed by atoms with E-state index in [1.165, 1.54) is 6.26 Å². The van der Waals surface area contributed by atoms with Gasteiger partial charge < -0.3 is 15.3 Å². The highest BCUT2D eigenvalue weighted by atomic mass is 32.2. The summed E-state index contributed by atoms with van der Waals surface area (Å²) in [7, 11) is -3.30. The van der Waals surface area contributed by atoms with Gasteiger partial charge in [0.1, 0.15) is 0 Å². The molecule has 2 aliphatic rings. The molecule has 3 atom stereocenters. The first kappa shape index (κ1) is 22.3. The maximum absolute atomic E-state index is 12.6. The van der Waals surface area contributed by atoms with Crippen molar-refractivity contribution in [1.29, 1.82) is 0 Å². The Hall–Kier alpha value is -2.43. The van der Waals surface area contributed by atoms with E-state index in [9.17, 15) is 13.2 Å². The highest BCUT2D eigenvalue weighted by molar-refractivity contribution is 7.88. The Morgan fingerprint density at radius 3 is 2.50 bits per heavy atom. The van der Waals surface area contributed by atoms with E-state index in [1.54, 1.807) is 15.6 Å². The minimum atomic E-state index is -3.30. The molecule has 0 bridgehead atoms. The molecule has 2 amide bonds. The molecule has 8 nitrogen and oxygen atoms in total. The SMILES string of the molecule is CS(=O)(=O)N1C[C@H]2CN(C(=O)NCc3cccs3)C[C@H]2[C@@H]1c1ccccc1.O=CO. The second kappa shape index (κ2) is 9.59. The Labute approximate surface area is 180 Å². The highest BCUT2D eigenvalue weighted by Gasteiger charge is 2.51. The van der Waals surface area contributed by atoms with E-state index in [1.807, 2.05) is 52.7 Å². The molecule has 2 aromatic rings. The van der Waals surface area contributed by atoms with Gasteiger partial charge in [-0.25, -0.2) is 13.2 Å². The van der Waals surface area contributed by atoms with E-state index < -0.39 is 10.0 Å². The van der Waals surface area contributed by atoms with Crippen LogP contribution in [0.2, 0.25) is 0 Å². The summed E-state index contributed by atoms with van der Waals surface area (Å²) in [6.07, 6.45) is 1.27. The zero-order valence-corrected chi connectivity index (χ0v) is 18.2. The number of sulfonamides is 1. The summed E-state index contributed by atoms with van der Waals surface area (Å²) in [5.74, 6) is 0.284. The maximum Gasteiger partial charge on any atom is 0.317 e. The Kier molecular flexibility index (Phi) is 7.11. The van der Waals surface area contributed by atoms with Crippen molar-refractivity contribution < 1.29 is 23.1 Å². The molecule has 2 saturated heterocycles. The van der Waals surface area contributed by atoms with Gasteiger partial charge in [-0.1, -0.05) is 36.4 Å². The topological polar surface area (TPSA) is 107 Å². The van der Waals surface area contributed by atoms with Crippen LogP contribution in [-0.2, 0) is 21.4 Å². The van der Waals surface area contributed by atoms with E-state index in [0.717, 1.165) is 10.4 Å². The van der Waals surface area contributed by atoms with Gasteiger partial charge in [0, 0.05) is 30.4 Å². The van der Waals surface area contributed by atoms with Gasteiger partial charge >= 0.3 is 6.03 Å². The number of nitrogens with zero attached hydrogens (tertiary/aromatic N) is 2. The Morgan fingerprint density at radius 2 is 1.90 bits per heavy atom. The third-order valence-corrected chi connectivity index (χ3v) is 7.57. The molecular formula is C20H25N3O5S2. The molecule has 10 heteroatoms. The smallest absolute Gasteiger partial charge is 0.317 e. The predicted molar refractivity (Wildman–Crippen MR) is 115 cm³/mol. The van der Waals surface area contributed by atoms with Crippen LogP contribution in [0.1, 0.15) is 16.5 Å². The monoisotopic (exact) mass is 451 g/mol. The van der Waals surface area contributed by atoms with Crippen LogP contribution < -0.4 is 5.32 Å². The molecule has 2 fully saturated rings. The van der Waals surface area contributed by atoms with Crippen molar-refractivity contribution in [2.24, 2.45) is 11.8 Å². The number of carboxylic acid groups (broad SMARTS) is 1. The average molecular weight is 452 g/mol. The second-order valence-corrected chi connectivity index (χ2v) is 10.3. The molecule has 0 aliphatic carbocycles. The number of hydrogen-bond donors (Lipinski definition) is 2. The number of hydrogen-bond acceptors (Lipinski definition) is 5. The first-order valence-electron chi connectivity index (χ1n) is 9.50. The van der Waals surface area contributed by atoms with E-state index in [4.69, 9.17) is 9.90 Å². The van der Waals surface area contributed by atoms with Gasteiger partial charge in [0.25, 0.3) is 6.47 Å². The molecule has 3 heterocycles. The van der Waals surface area contributed by atoms with E-state index in [2.05, 4.69) is 5.32 Å². The second-order valence-electron chi connectivity index (χ2n) is 7.36. The van der Waals surface area contributed by atoms with Gasteiger partial charge in [0.2, 0.25) is 10.0 Å². The lowest BCUT2D eigenvalue weighted by molar-refractivity contribution is -0.122. The molecule has 0 radical (unpaired) electrons. The van der Waals surface area contributed by atoms with Gasteiger partial charge in [0.05, 0.1) is 18.8 Å². The number of thiophene rings is 1. The quantitative estimate of drug-likeness (QED) is 0.693. The van der Waals surface area contributed by atoms with Crippen molar-refractivity contribution in [3.63, 3.8) is 0 Å². The number of likely N-dealkylation sites (tertiary alicyclic amines) is 1. The fourth-order valence-corrected chi connectivity index (χ4v) is 6.06. The summed E-state index contributed by atoms with van der Waals surface area (Å²) in [5.41, 5.74) is 0.997. The maximum atomic E-state index is 12.6. The summed E-state index contributed by atoms with van der Waals surface area (Å²) in [5, 5.41) is 11.9. The molecule has 30 heavy (non-hydrogen) atoms. The van der Waals surface area contributed by atoms with Crippen LogP contribution in [0, 0.1) is 11.8 Å². The molecule has 162 valence electrons.